The molecule has 0 bridgehead atoms. The summed E-state index contributed by atoms with van der Waals surface area (Å²) in [4.78, 5) is 7.94. The fourth-order valence-electron chi connectivity index (χ4n) is 3.39. The molecule has 0 atom stereocenters. The molecule has 0 unspecified atom stereocenters. The van der Waals surface area contributed by atoms with E-state index in [2.05, 4.69) is 20.2 Å². The predicted octanol–water partition coefficient (Wildman–Crippen LogP) is 5.13. The average Bonchev–Trinajstić information content (AvgIpc) is 3.47. The van der Waals surface area contributed by atoms with Gasteiger partial charge >= 0.3 is 12.1 Å². The minimum atomic E-state index is -5.85. The van der Waals surface area contributed by atoms with Gasteiger partial charge in [0.15, 0.2) is 0 Å². The van der Waals surface area contributed by atoms with E-state index in [1.165, 1.54) is 40.9 Å². The number of rotatable bonds is 3. The molecule has 0 aliphatic rings. The van der Waals surface area contributed by atoms with Crippen LogP contribution < -0.4 is 0 Å². The number of hydrogen-bond donors (Lipinski definition) is 0. The van der Waals surface area contributed by atoms with Crippen molar-refractivity contribution in [2.75, 3.05) is 0 Å². The van der Waals surface area contributed by atoms with Gasteiger partial charge in [-0.15, -0.1) is 10.2 Å². The molecule has 0 saturated heterocycles. The van der Waals surface area contributed by atoms with E-state index in [1.54, 1.807) is 6.07 Å². The van der Waals surface area contributed by atoms with E-state index in [4.69, 9.17) is 9.68 Å². The third-order valence-electron chi connectivity index (χ3n) is 4.98. The van der Waals surface area contributed by atoms with Crippen LogP contribution in [-0.4, -0.2) is 30.7 Å². The van der Waals surface area contributed by atoms with Gasteiger partial charge in [0.1, 0.15) is 22.7 Å². The van der Waals surface area contributed by atoms with Gasteiger partial charge in [-0.05, 0) is 41.5 Å². The second kappa shape index (κ2) is 7.06. The van der Waals surface area contributed by atoms with Gasteiger partial charge in [0, 0.05) is 11.6 Å². The molecule has 5 rings (SSSR count). The van der Waals surface area contributed by atoms with Crippen molar-refractivity contribution < 1.29 is 26.4 Å². The van der Waals surface area contributed by atoms with E-state index < -0.39 is 17.8 Å². The van der Waals surface area contributed by atoms with Crippen LogP contribution in [0.3, 0.4) is 0 Å². The Morgan fingerprint density at radius 2 is 1.73 bits per heavy atom. The Hall–Kier alpha value is -4.40. The number of fused-ring (bicyclic) bond motifs is 3. The number of nitriles is 1. The number of halogens is 5. The quantitative estimate of drug-likeness (QED) is 0.350. The van der Waals surface area contributed by atoms with Crippen LogP contribution in [0, 0.1) is 11.3 Å². The second-order valence-electron chi connectivity index (χ2n) is 6.99. The summed E-state index contributed by atoms with van der Waals surface area (Å²) in [6.45, 7) is 0. The van der Waals surface area contributed by atoms with E-state index in [0.717, 1.165) is 6.39 Å². The highest BCUT2D eigenvalue weighted by Crippen LogP contribution is 2.45. The smallest absolute Gasteiger partial charge is 0.422 e. The third-order valence-corrected chi connectivity index (χ3v) is 4.98. The van der Waals surface area contributed by atoms with Crippen molar-refractivity contribution in [2.45, 2.75) is 12.1 Å². The number of benzene rings is 1. The molecular weight excluding hydrogens is 447 g/mol. The van der Waals surface area contributed by atoms with Crippen molar-refractivity contribution in [3.63, 3.8) is 0 Å². The summed E-state index contributed by atoms with van der Waals surface area (Å²) in [5.41, 5.74) is -0.514. The van der Waals surface area contributed by atoms with Gasteiger partial charge in [-0.1, -0.05) is 12.1 Å². The maximum atomic E-state index is 14.3. The first-order valence-corrected chi connectivity index (χ1v) is 9.24. The van der Waals surface area contributed by atoms with E-state index in [0.29, 0.717) is 22.6 Å². The lowest BCUT2D eigenvalue weighted by atomic mass is 9.99. The highest BCUT2D eigenvalue weighted by molar-refractivity contribution is 5.94. The Kier molecular flexibility index (Phi) is 4.38. The summed E-state index contributed by atoms with van der Waals surface area (Å²) in [6.07, 6.45) is -3.43. The van der Waals surface area contributed by atoms with E-state index in [1.807, 2.05) is 6.07 Å². The van der Waals surface area contributed by atoms with E-state index >= 15 is 0 Å². The van der Waals surface area contributed by atoms with Gasteiger partial charge in [0.2, 0.25) is 6.39 Å². The molecule has 0 spiro atoms. The number of nitrogens with zero attached hydrogens (tertiary/aromatic N) is 6. The summed E-state index contributed by atoms with van der Waals surface area (Å²) in [5, 5.41) is 16.6. The molecule has 0 amide bonds. The fraction of sp³-hybridized carbons (Fsp3) is 0.0952. The van der Waals surface area contributed by atoms with Gasteiger partial charge in [0.05, 0.1) is 11.6 Å². The van der Waals surface area contributed by atoms with Crippen LogP contribution in [0.15, 0.2) is 59.5 Å². The molecule has 5 aromatic rings. The van der Waals surface area contributed by atoms with Crippen molar-refractivity contribution >= 4 is 16.7 Å². The Bertz CT molecular complexity index is 1530. The Labute approximate surface area is 180 Å². The molecule has 0 N–H and O–H groups in total. The summed E-state index contributed by atoms with van der Waals surface area (Å²) in [5.74, 6) is -5.17. The summed E-state index contributed by atoms with van der Waals surface area (Å²) < 4.78 is 74.6. The van der Waals surface area contributed by atoms with Gasteiger partial charge in [-0.2, -0.15) is 27.2 Å². The van der Waals surface area contributed by atoms with Crippen molar-refractivity contribution in [1.29, 1.82) is 5.26 Å². The SMILES string of the molecule is N#Cc1ccc(-c2cc(C(F)(F)C(F)(F)F)nc3c2ccc2nc(-c4nnco4)cn23)cc1. The van der Waals surface area contributed by atoms with Crippen LogP contribution in [0.4, 0.5) is 22.0 Å². The van der Waals surface area contributed by atoms with E-state index in [9.17, 15) is 22.0 Å². The lowest BCUT2D eigenvalue weighted by Crippen LogP contribution is -2.34. The highest BCUT2D eigenvalue weighted by atomic mass is 19.4. The van der Waals surface area contributed by atoms with Crippen LogP contribution in [0.25, 0.3) is 39.4 Å². The predicted molar refractivity (Wildman–Crippen MR) is 104 cm³/mol. The molecule has 0 aliphatic heterocycles. The maximum absolute atomic E-state index is 14.3. The second-order valence-corrected chi connectivity index (χ2v) is 6.99. The third kappa shape index (κ3) is 3.25. The molecule has 4 heterocycles. The minimum Gasteiger partial charge on any atom is -0.422 e. The zero-order chi connectivity index (χ0) is 23.4. The Morgan fingerprint density at radius 3 is 2.36 bits per heavy atom. The van der Waals surface area contributed by atoms with Gasteiger partial charge in [-0.3, -0.25) is 4.40 Å². The molecule has 4 aromatic heterocycles. The topological polar surface area (TPSA) is 92.9 Å². The number of imidazole rings is 1. The maximum Gasteiger partial charge on any atom is 0.459 e. The van der Waals surface area contributed by atoms with Crippen molar-refractivity contribution in [1.82, 2.24) is 24.6 Å². The summed E-state index contributed by atoms with van der Waals surface area (Å²) in [7, 11) is 0. The van der Waals surface area contributed by atoms with Crippen LogP contribution >= 0.6 is 0 Å². The number of alkyl halides is 5. The molecule has 1 aromatic carbocycles. The molecule has 0 aliphatic carbocycles. The van der Waals surface area contributed by atoms with Crippen molar-refractivity contribution in [3.8, 4) is 28.8 Å². The normalized spacial score (nSPS) is 12.4. The molecule has 0 radical (unpaired) electrons. The number of hydrogen-bond acceptors (Lipinski definition) is 6. The first-order valence-electron chi connectivity index (χ1n) is 9.24. The molecule has 33 heavy (non-hydrogen) atoms. The molecule has 0 saturated carbocycles. The van der Waals surface area contributed by atoms with Gasteiger partial charge < -0.3 is 4.42 Å². The monoisotopic (exact) mass is 456 g/mol. The van der Waals surface area contributed by atoms with Gasteiger partial charge in [-0.25, -0.2) is 9.97 Å². The van der Waals surface area contributed by atoms with Crippen molar-refractivity contribution in [2.24, 2.45) is 0 Å². The summed E-state index contributed by atoms with van der Waals surface area (Å²) in [6, 6.07) is 11.5. The fourth-order valence-corrected chi connectivity index (χ4v) is 3.39. The zero-order valence-corrected chi connectivity index (χ0v) is 16.2. The lowest BCUT2D eigenvalue weighted by molar-refractivity contribution is -0.290. The Morgan fingerprint density at radius 1 is 0.970 bits per heavy atom. The molecular formula is C21H9F5N6O. The van der Waals surface area contributed by atoms with Gasteiger partial charge in [0.25, 0.3) is 5.89 Å². The number of pyridine rings is 2. The minimum absolute atomic E-state index is 0.0379. The first-order chi connectivity index (χ1) is 15.7. The molecule has 7 nitrogen and oxygen atoms in total. The molecule has 12 heteroatoms. The highest BCUT2D eigenvalue weighted by Gasteiger charge is 2.60. The lowest BCUT2D eigenvalue weighted by Gasteiger charge is -2.20. The average molecular weight is 456 g/mol. The molecule has 164 valence electrons. The Balaban J connectivity index is 1.84. The van der Waals surface area contributed by atoms with Crippen LogP contribution in [-0.2, 0) is 5.92 Å². The largest absolute Gasteiger partial charge is 0.459 e. The van der Waals surface area contributed by atoms with E-state index in [-0.39, 0.29) is 28.4 Å². The first kappa shape index (κ1) is 20.5. The molecule has 0 fully saturated rings. The van der Waals surface area contributed by atoms with Crippen molar-refractivity contribution in [3.05, 3.63) is 66.3 Å². The summed E-state index contributed by atoms with van der Waals surface area (Å²) >= 11 is 0. The standard InChI is InChI=1S/C21H9F5N6O/c22-20(23,21(24,25)26)16-7-14(12-3-1-11(8-27)2-4-12)13-5-6-17-29-15(19-31-28-10-33-19)9-32(17)18(13)30-16/h1-7,9-10H. The van der Waals surface area contributed by atoms with Crippen LogP contribution in [0.1, 0.15) is 11.3 Å². The number of aromatic nitrogens is 5. The van der Waals surface area contributed by atoms with Crippen LogP contribution in [0.2, 0.25) is 0 Å². The zero-order valence-electron chi connectivity index (χ0n) is 16.2. The van der Waals surface area contributed by atoms with Crippen LogP contribution in [0.5, 0.6) is 0 Å².